The van der Waals surface area contributed by atoms with Crippen molar-refractivity contribution in [2.75, 3.05) is 6.54 Å². The SMILES string of the molecule is CCC(C)N(CC)Cc1ccc(F)cc1C(N)=NO. The van der Waals surface area contributed by atoms with Crippen molar-refractivity contribution in [1.29, 1.82) is 0 Å². The number of hydrogen-bond acceptors (Lipinski definition) is 3. The molecule has 106 valence electrons. The van der Waals surface area contributed by atoms with Crippen LogP contribution >= 0.6 is 0 Å². The lowest BCUT2D eigenvalue weighted by Crippen LogP contribution is -2.32. The van der Waals surface area contributed by atoms with Crippen LogP contribution in [0.4, 0.5) is 4.39 Å². The van der Waals surface area contributed by atoms with Crippen molar-refractivity contribution in [3.05, 3.63) is 35.1 Å². The minimum Gasteiger partial charge on any atom is -0.409 e. The van der Waals surface area contributed by atoms with Gasteiger partial charge in [0, 0.05) is 18.2 Å². The van der Waals surface area contributed by atoms with Crippen LogP contribution in [0.5, 0.6) is 0 Å². The van der Waals surface area contributed by atoms with Gasteiger partial charge >= 0.3 is 0 Å². The van der Waals surface area contributed by atoms with Crippen LogP contribution in [0.1, 0.15) is 38.3 Å². The van der Waals surface area contributed by atoms with Crippen LogP contribution in [-0.4, -0.2) is 28.5 Å². The van der Waals surface area contributed by atoms with E-state index in [0.717, 1.165) is 18.5 Å². The molecule has 0 aliphatic heterocycles. The van der Waals surface area contributed by atoms with Crippen LogP contribution in [0, 0.1) is 5.82 Å². The molecular formula is C14H22FN3O. The first-order valence-electron chi connectivity index (χ1n) is 6.53. The van der Waals surface area contributed by atoms with E-state index >= 15 is 0 Å². The number of amidine groups is 1. The van der Waals surface area contributed by atoms with Crippen molar-refractivity contribution in [2.24, 2.45) is 10.9 Å². The first-order valence-corrected chi connectivity index (χ1v) is 6.53. The lowest BCUT2D eigenvalue weighted by atomic mass is 10.0. The highest BCUT2D eigenvalue weighted by Gasteiger charge is 2.15. The average Bonchev–Trinajstić information content (AvgIpc) is 2.44. The van der Waals surface area contributed by atoms with Crippen molar-refractivity contribution in [2.45, 2.75) is 39.8 Å². The molecule has 0 radical (unpaired) electrons. The molecule has 1 aromatic rings. The maximum atomic E-state index is 13.3. The highest BCUT2D eigenvalue weighted by Crippen LogP contribution is 2.16. The number of rotatable bonds is 6. The Hall–Kier alpha value is -1.62. The first-order chi connectivity index (χ1) is 9.03. The summed E-state index contributed by atoms with van der Waals surface area (Å²) in [6.45, 7) is 7.90. The first kappa shape index (κ1) is 15.4. The minimum atomic E-state index is -0.392. The highest BCUT2D eigenvalue weighted by molar-refractivity contribution is 5.98. The second-order valence-corrected chi connectivity index (χ2v) is 4.61. The second kappa shape index (κ2) is 7.09. The fraction of sp³-hybridized carbons (Fsp3) is 0.500. The Kier molecular flexibility index (Phi) is 5.76. The standard InChI is InChI=1S/C14H22FN3O/c1-4-10(3)18(5-2)9-11-6-7-12(15)8-13(11)14(16)17-19/h6-8,10,19H,4-5,9H2,1-3H3,(H2,16,17). The third-order valence-electron chi connectivity index (χ3n) is 3.45. The lowest BCUT2D eigenvalue weighted by Gasteiger charge is -2.27. The van der Waals surface area contributed by atoms with Crippen molar-refractivity contribution in [3.8, 4) is 0 Å². The van der Waals surface area contributed by atoms with E-state index in [2.05, 4.69) is 30.8 Å². The van der Waals surface area contributed by atoms with Gasteiger partial charge in [-0.1, -0.05) is 25.1 Å². The van der Waals surface area contributed by atoms with Gasteiger partial charge in [-0.15, -0.1) is 0 Å². The Morgan fingerprint density at radius 3 is 2.68 bits per heavy atom. The summed E-state index contributed by atoms with van der Waals surface area (Å²) in [6.07, 6.45) is 1.04. The van der Waals surface area contributed by atoms with E-state index in [0.29, 0.717) is 18.2 Å². The molecule has 0 aliphatic rings. The fourth-order valence-electron chi connectivity index (χ4n) is 2.04. The van der Waals surface area contributed by atoms with Crippen LogP contribution in [0.2, 0.25) is 0 Å². The highest BCUT2D eigenvalue weighted by atomic mass is 19.1. The minimum absolute atomic E-state index is 0.0605. The zero-order chi connectivity index (χ0) is 14.4. The van der Waals surface area contributed by atoms with Gasteiger partial charge in [-0.25, -0.2) is 4.39 Å². The monoisotopic (exact) mass is 267 g/mol. The Morgan fingerprint density at radius 2 is 2.16 bits per heavy atom. The van der Waals surface area contributed by atoms with Crippen molar-refractivity contribution >= 4 is 5.84 Å². The summed E-state index contributed by atoms with van der Waals surface area (Å²) in [5.41, 5.74) is 6.91. The summed E-state index contributed by atoms with van der Waals surface area (Å²) in [7, 11) is 0. The van der Waals surface area contributed by atoms with E-state index in [1.165, 1.54) is 12.1 Å². The molecule has 5 heteroatoms. The summed E-state index contributed by atoms with van der Waals surface area (Å²) in [5.74, 6) is -0.452. The summed E-state index contributed by atoms with van der Waals surface area (Å²) < 4.78 is 13.3. The zero-order valence-corrected chi connectivity index (χ0v) is 11.7. The maximum Gasteiger partial charge on any atom is 0.170 e. The number of nitrogens with two attached hydrogens (primary N) is 1. The van der Waals surface area contributed by atoms with Gasteiger partial charge in [-0.2, -0.15) is 0 Å². The summed E-state index contributed by atoms with van der Waals surface area (Å²) in [6, 6.07) is 4.81. The van der Waals surface area contributed by atoms with Gasteiger partial charge in [-0.05, 0) is 37.6 Å². The van der Waals surface area contributed by atoms with Crippen LogP contribution < -0.4 is 5.73 Å². The number of nitrogens with zero attached hydrogens (tertiary/aromatic N) is 2. The molecule has 3 N–H and O–H groups in total. The Balaban J connectivity index is 3.06. The average molecular weight is 267 g/mol. The van der Waals surface area contributed by atoms with E-state index in [9.17, 15) is 4.39 Å². The van der Waals surface area contributed by atoms with E-state index in [1.54, 1.807) is 6.07 Å². The van der Waals surface area contributed by atoms with Gasteiger partial charge in [-0.3, -0.25) is 4.90 Å². The van der Waals surface area contributed by atoms with E-state index in [1.807, 2.05) is 0 Å². The normalized spacial score (nSPS) is 13.8. The van der Waals surface area contributed by atoms with Crippen LogP contribution in [0.3, 0.4) is 0 Å². The molecule has 19 heavy (non-hydrogen) atoms. The van der Waals surface area contributed by atoms with Gasteiger partial charge in [0.2, 0.25) is 0 Å². The van der Waals surface area contributed by atoms with Crippen molar-refractivity contribution in [3.63, 3.8) is 0 Å². The third kappa shape index (κ3) is 3.92. The van der Waals surface area contributed by atoms with Gasteiger partial charge in [0.05, 0.1) is 0 Å². The van der Waals surface area contributed by atoms with Gasteiger partial charge in [0.1, 0.15) is 5.82 Å². The molecular weight excluding hydrogens is 245 g/mol. The molecule has 0 spiro atoms. The summed E-state index contributed by atoms with van der Waals surface area (Å²) >= 11 is 0. The predicted octanol–water partition coefficient (Wildman–Crippen LogP) is 2.54. The Labute approximate surface area is 113 Å². The smallest absolute Gasteiger partial charge is 0.170 e. The molecule has 0 bridgehead atoms. The number of benzene rings is 1. The Bertz CT molecular complexity index is 448. The fourth-order valence-corrected chi connectivity index (χ4v) is 2.04. The Morgan fingerprint density at radius 1 is 1.47 bits per heavy atom. The van der Waals surface area contributed by atoms with Gasteiger partial charge < -0.3 is 10.9 Å². The maximum absolute atomic E-state index is 13.3. The van der Waals surface area contributed by atoms with Crippen molar-refractivity contribution in [1.82, 2.24) is 4.90 Å². The predicted molar refractivity (Wildman–Crippen MR) is 74.7 cm³/mol. The van der Waals surface area contributed by atoms with Crippen molar-refractivity contribution < 1.29 is 9.60 Å². The van der Waals surface area contributed by atoms with E-state index < -0.39 is 5.82 Å². The van der Waals surface area contributed by atoms with Crippen LogP contribution in [-0.2, 0) is 6.54 Å². The second-order valence-electron chi connectivity index (χ2n) is 4.61. The molecule has 1 aromatic carbocycles. The summed E-state index contributed by atoms with van der Waals surface area (Å²) in [4.78, 5) is 2.27. The molecule has 0 amide bonds. The molecule has 0 aromatic heterocycles. The van der Waals surface area contributed by atoms with Gasteiger partial charge in [0.25, 0.3) is 0 Å². The molecule has 0 heterocycles. The van der Waals surface area contributed by atoms with E-state index in [-0.39, 0.29) is 5.84 Å². The quantitative estimate of drug-likeness (QED) is 0.360. The number of halogens is 1. The van der Waals surface area contributed by atoms with E-state index in [4.69, 9.17) is 10.9 Å². The topological polar surface area (TPSA) is 61.8 Å². The third-order valence-corrected chi connectivity index (χ3v) is 3.45. The molecule has 1 atom stereocenters. The number of hydrogen-bond donors (Lipinski definition) is 2. The number of oxime groups is 1. The molecule has 1 rings (SSSR count). The van der Waals surface area contributed by atoms with Crippen LogP contribution in [0.15, 0.2) is 23.4 Å². The van der Waals surface area contributed by atoms with Gasteiger partial charge in [0.15, 0.2) is 5.84 Å². The molecule has 0 aliphatic carbocycles. The molecule has 0 saturated carbocycles. The lowest BCUT2D eigenvalue weighted by molar-refractivity contribution is 0.206. The molecule has 4 nitrogen and oxygen atoms in total. The zero-order valence-electron chi connectivity index (χ0n) is 11.7. The summed E-state index contributed by atoms with van der Waals surface area (Å²) in [5, 5.41) is 11.7. The van der Waals surface area contributed by atoms with Crippen LogP contribution in [0.25, 0.3) is 0 Å². The molecule has 0 saturated heterocycles. The molecule has 0 fully saturated rings. The molecule has 1 unspecified atom stereocenters. The largest absolute Gasteiger partial charge is 0.409 e.